The number of hydrogen-bond acceptors (Lipinski definition) is 3. The summed E-state index contributed by atoms with van der Waals surface area (Å²) in [6.07, 6.45) is -2.91. The van der Waals surface area contributed by atoms with Crippen molar-refractivity contribution >= 4 is 28.9 Å². The minimum Gasteiger partial charge on any atom is -0.459 e. The molecule has 5 nitrogen and oxygen atoms in total. The van der Waals surface area contributed by atoms with E-state index in [1.54, 1.807) is 17.0 Å². The number of furan rings is 1. The number of rotatable bonds is 2. The smallest absolute Gasteiger partial charge is 0.416 e. The second-order valence-corrected chi connectivity index (χ2v) is 6.15. The van der Waals surface area contributed by atoms with E-state index >= 15 is 0 Å². The number of benzene rings is 1. The molecule has 9 heteroatoms. The van der Waals surface area contributed by atoms with E-state index in [0.717, 1.165) is 12.1 Å². The van der Waals surface area contributed by atoms with Crippen LogP contribution in [0.5, 0.6) is 0 Å². The Balaban J connectivity index is 1.53. The van der Waals surface area contributed by atoms with Gasteiger partial charge < -0.3 is 19.5 Å². The molecule has 1 aromatic heterocycles. The first-order valence-electron chi connectivity index (χ1n) is 7.90. The lowest BCUT2D eigenvalue weighted by Crippen LogP contribution is -2.51. The van der Waals surface area contributed by atoms with Crippen molar-refractivity contribution in [2.75, 3.05) is 31.5 Å². The molecule has 2 heterocycles. The highest BCUT2D eigenvalue weighted by atomic mass is 32.1. The van der Waals surface area contributed by atoms with Crippen LogP contribution in [0.25, 0.3) is 0 Å². The number of nitrogens with zero attached hydrogens (tertiary/aromatic N) is 2. The van der Waals surface area contributed by atoms with E-state index in [9.17, 15) is 18.0 Å². The second-order valence-electron chi connectivity index (χ2n) is 5.76. The number of amides is 1. The van der Waals surface area contributed by atoms with Gasteiger partial charge in [-0.1, -0.05) is 0 Å². The third-order valence-electron chi connectivity index (χ3n) is 4.05. The molecule has 3 rings (SSSR count). The quantitative estimate of drug-likeness (QED) is 0.805. The number of halogens is 3. The van der Waals surface area contributed by atoms with Gasteiger partial charge in [0.2, 0.25) is 0 Å². The number of anilines is 1. The standard InChI is InChI=1S/C17H16F3N3O2S/c18-17(19,20)12-3-5-13(6-4-12)21-16(26)23-9-7-22(8-10-23)15(24)14-2-1-11-25-14/h1-6,11H,7-10H2,(H,21,26). The molecule has 1 N–H and O–H groups in total. The Morgan fingerprint density at radius 2 is 1.65 bits per heavy atom. The first-order valence-corrected chi connectivity index (χ1v) is 8.31. The SMILES string of the molecule is O=C(c1ccco1)N1CCN(C(=S)Nc2ccc(C(F)(F)F)cc2)CC1. The molecule has 0 saturated carbocycles. The molecule has 0 unspecified atom stereocenters. The Bertz CT molecular complexity index is 768. The van der Waals surface area contributed by atoms with E-state index in [-0.39, 0.29) is 5.91 Å². The largest absolute Gasteiger partial charge is 0.459 e. The molecule has 1 aliphatic rings. The Kier molecular flexibility index (Phi) is 5.17. The molecule has 0 spiro atoms. The van der Waals surface area contributed by atoms with Gasteiger partial charge in [0, 0.05) is 31.9 Å². The Morgan fingerprint density at radius 1 is 1.04 bits per heavy atom. The Hall–Kier alpha value is -2.55. The fourth-order valence-electron chi connectivity index (χ4n) is 2.61. The number of piperazine rings is 1. The zero-order chi connectivity index (χ0) is 18.7. The second kappa shape index (κ2) is 7.36. The molecule has 0 radical (unpaired) electrons. The van der Waals surface area contributed by atoms with Crippen molar-refractivity contribution in [3.05, 3.63) is 54.0 Å². The number of hydrogen-bond donors (Lipinski definition) is 1. The summed E-state index contributed by atoms with van der Waals surface area (Å²) in [4.78, 5) is 15.8. The van der Waals surface area contributed by atoms with Crippen molar-refractivity contribution in [2.24, 2.45) is 0 Å². The lowest BCUT2D eigenvalue weighted by Gasteiger charge is -2.35. The lowest BCUT2D eigenvalue weighted by atomic mass is 10.2. The van der Waals surface area contributed by atoms with Crippen LogP contribution in [0.1, 0.15) is 16.1 Å². The van der Waals surface area contributed by atoms with Gasteiger partial charge in [-0.05, 0) is 48.6 Å². The summed E-state index contributed by atoms with van der Waals surface area (Å²) in [5.41, 5.74) is -0.226. The van der Waals surface area contributed by atoms with Gasteiger partial charge in [-0.15, -0.1) is 0 Å². The summed E-state index contributed by atoms with van der Waals surface area (Å²) in [5.74, 6) is 0.125. The van der Waals surface area contributed by atoms with Crippen LogP contribution < -0.4 is 5.32 Å². The summed E-state index contributed by atoms with van der Waals surface area (Å²) in [5, 5.41) is 3.34. The van der Waals surface area contributed by atoms with Gasteiger partial charge in [-0.3, -0.25) is 4.79 Å². The van der Waals surface area contributed by atoms with Gasteiger partial charge >= 0.3 is 6.18 Å². The van der Waals surface area contributed by atoms with Crippen molar-refractivity contribution in [1.29, 1.82) is 0 Å². The molecule has 1 amide bonds. The molecule has 26 heavy (non-hydrogen) atoms. The maximum absolute atomic E-state index is 12.6. The normalized spacial score (nSPS) is 15.0. The van der Waals surface area contributed by atoms with E-state index < -0.39 is 11.7 Å². The molecule has 0 aliphatic carbocycles. The highest BCUT2D eigenvalue weighted by Crippen LogP contribution is 2.29. The Labute approximate surface area is 153 Å². The van der Waals surface area contributed by atoms with Crippen molar-refractivity contribution in [2.45, 2.75) is 6.18 Å². The first kappa shape index (κ1) is 18.2. The van der Waals surface area contributed by atoms with E-state index in [4.69, 9.17) is 16.6 Å². The van der Waals surface area contributed by atoms with E-state index in [2.05, 4.69) is 5.32 Å². The number of thiocarbonyl (C=S) groups is 1. The van der Waals surface area contributed by atoms with Crippen molar-refractivity contribution in [1.82, 2.24) is 9.80 Å². The van der Waals surface area contributed by atoms with Gasteiger partial charge in [0.15, 0.2) is 10.9 Å². The molecule has 138 valence electrons. The molecular formula is C17H16F3N3O2S. The van der Waals surface area contributed by atoms with Crippen LogP contribution >= 0.6 is 12.2 Å². The summed E-state index contributed by atoms with van der Waals surface area (Å²) < 4.78 is 42.9. The topological polar surface area (TPSA) is 48.7 Å². The van der Waals surface area contributed by atoms with E-state index in [0.29, 0.717) is 42.7 Å². The van der Waals surface area contributed by atoms with Crippen molar-refractivity contribution in [3.8, 4) is 0 Å². The fraction of sp³-hybridized carbons (Fsp3) is 0.294. The molecule has 1 saturated heterocycles. The van der Waals surface area contributed by atoms with Crippen molar-refractivity contribution < 1.29 is 22.4 Å². The van der Waals surface area contributed by atoms with Gasteiger partial charge in [0.25, 0.3) is 5.91 Å². The molecule has 1 fully saturated rings. The van der Waals surface area contributed by atoms with Crippen LogP contribution in [-0.4, -0.2) is 47.0 Å². The van der Waals surface area contributed by atoms with Gasteiger partial charge in [0.1, 0.15) is 0 Å². The van der Waals surface area contributed by atoms with Crippen LogP contribution in [0.2, 0.25) is 0 Å². The third-order valence-corrected chi connectivity index (χ3v) is 4.41. The lowest BCUT2D eigenvalue weighted by molar-refractivity contribution is -0.137. The maximum Gasteiger partial charge on any atom is 0.416 e. The first-order chi connectivity index (χ1) is 12.3. The molecule has 1 aliphatic heterocycles. The van der Waals surface area contributed by atoms with Gasteiger partial charge in [-0.2, -0.15) is 13.2 Å². The van der Waals surface area contributed by atoms with Crippen molar-refractivity contribution in [3.63, 3.8) is 0 Å². The summed E-state index contributed by atoms with van der Waals surface area (Å²) in [6.45, 7) is 2.01. The molecular weight excluding hydrogens is 367 g/mol. The Morgan fingerprint density at radius 3 is 2.19 bits per heavy atom. The minimum absolute atomic E-state index is 0.170. The highest BCUT2D eigenvalue weighted by molar-refractivity contribution is 7.80. The maximum atomic E-state index is 12.6. The zero-order valence-corrected chi connectivity index (χ0v) is 14.4. The van der Waals surface area contributed by atoms with Crippen LogP contribution in [0.15, 0.2) is 47.1 Å². The molecule has 1 aromatic carbocycles. The highest BCUT2D eigenvalue weighted by Gasteiger charge is 2.30. The van der Waals surface area contributed by atoms with E-state index in [1.807, 2.05) is 4.90 Å². The van der Waals surface area contributed by atoms with Gasteiger partial charge in [0.05, 0.1) is 11.8 Å². The molecule has 0 atom stereocenters. The fourth-order valence-corrected chi connectivity index (χ4v) is 2.91. The monoisotopic (exact) mass is 383 g/mol. The number of carbonyl (C=O) groups is 1. The summed E-state index contributed by atoms with van der Waals surface area (Å²) >= 11 is 5.32. The minimum atomic E-state index is -4.37. The zero-order valence-electron chi connectivity index (χ0n) is 13.6. The van der Waals surface area contributed by atoms with Gasteiger partial charge in [-0.25, -0.2) is 0 Å². The van der Waals surface area contributed by atoms with Crippen LogP contribution in [0.3, 0.4) is 0 Å². The summed E-state index contributed by atoms with van der Waals surface area (Å²) in [6, 6.07) is 7.96. The molecule has 2 aromatic rings. The average molecular weight is 383 g/mol. The number of alkyl halides is 3. The summed E-state index contributed by atoms with van der Waals surface area (Å²) in [7, 11) is 0. The number of carbonyl (C=O) groups excluding carboxylic acids is 1. The van der Waals surface area contributed by atoms with Crippen LogP contribution in [0, 0.1) is 0 Å². The molecule has 0 bridgehead atoms. The van der Waals surface area contributed by atoms with E-state index in [1.165, 1.54) is 18.4 Å². The predicted molar refractivity (Wildman–Crippen MR) is 93.8 cm³/mol. The number of nitrogens with one attached hydrogen (secondary N) is 1. The van der Waals surface area contributed by atoms with Crippen LogP contribution in [0.4, 0.5) is 18.9 Å². The van der Waals surface area contributed by atoms with Crippen LogP contribution in [-0.2, 0) is 6.18 Å². The average Bonchev–Trinajstić information content (AvgIpc) is 3.15. The third kappa shape index (κ3) is 4.16. The predicted octanol–water partition coefficient (Wildman–Crippen LogP) is 3.45.